The smallest absolute Gasteiger partial charge is 0.306 e. The number of carboxylic acids is 1. The van der Waals surface area contributed by atoms with Crippen molar-refractivity contribution in [2.24, 2.45) is 23.7 Å². The van der Waals surface area contributed by atoms with Crippen LogP contribution in [0.1, 0.15) is 96.8 Å². The second-order valence-electron chi connectivity index (χ2n) is 8.91. The Morgan fingerprint density at radius 1 is 0.840 bits per heavy atom. The fourth-order valence-electron chi connectivity index (χ4n) is 5.34. The Morgan fingerprint density at radius 3 is 1.92 bits per heavy atom. The number of hydrogen-bond acceptors (Lipinski definition) is 2. The van der Waals surface area contributed by atoms with E-state index in [2.05, 4.69) is 6.92 Å². The monoisotopic (exact) mass is 350 g/mol. The average molecular weight is 351 g/mol. The largest absolute Gasteiger partial charge is 0.481 e. The van der Waals surface area contributed by atoms with Crippen molar-refractivity contribution in [2.75, 3.05) is 0 Å². The molecule has 6 atom stereocenters. The first kappa shape index (κ1) is 19.2. The zero-order valence-electron chi connectivity index (χ0n) is 16.1. The summed E-state index contributed by atoms with van der Waals surface area (Å²) in [4.78, 5) is 10.9. The molecule has 2 aliphatic carbocycles. The minimum absolute atomic E-state index is 0.0165. The molecule has 2 saturated heterocycles. The maximum atomic E-state index is 10.9. The van der Waals surface area contributed by atoms with E-state index in [0.717, 1.165) is 24.7 Å². The van der Waals surface area contributed by atoms with Crippen LogP contribution in [0.5, 0.6) is 0 Å². The van der Waals surface area contributed by atoms with Crippen LogP contribution >= 0.6 is 0 Å². The van der Waals surface area contributed by atoms with Crippen LogP contribution in [-0.2, 0) is 9.53 Å². The van der Waals surface area contributed by atoms with Gasteiger partial charge in [0.2, 0.25) is 0 Å². The second kappa shape index (κ2) is 9.39. The number of rotatable bonds is 14. The van der Waals surface area contributed by atoms with E-state index in [9.17, 15) is 4.79 Å². The number of aliphatic carboxylic acids is 1. The van der Waals surface area contributed by atoms with E-state index in [1.165, 1.54) is 77.0 Å². The molecule has 25 heavy (non-hydrogen) atoms. The number of unbranched alkanes of at least 4 members (excludes halogenated alkanes) is 7. The maximum Gasteiger partial charge on any atom is 0.306 e. The SMILES string of the molecule is CCCCCCCC[C@H]1C2CC(O2)[C@@H]1CCCCCC1CC1C(=O)O. The first-order chi connectivity index (χ1) is 12.2. The van der Waals surface area contributed by atoms with Crippen LogP contribution in [0, 0.1) is 23.7 Å². The zero-order chi connectivity index (χ0) is 17.6. The van der Waals surface area contributed by atoms with E-state index in [0.29, 0.717) is 18.1 Å². The third-order valence-corrected chi connectivity index (χ3v) is 7.06. The van der Waals surface area contributed by atoms with Crippen molar-refractivity contribution in [2.45, 2.75) is 109 Å². The molecule has 0 aromatic carbocycles. The molecular formula is C22H38O3. The Balaban J connectivity index is 1.24. The molecule has 2 bridgehead atoms. The van der Waals surface area contributed by atoms with Crippen LogP contribution in [0.2, 0.25) is 0 Å². The summed E-state index contributed by atoms with van der Waals surface area (Å²) < 4.78 is 6.05. The lowest BCUT2D eigenvalue weighted by molar-refractivity contribution is -0.138. The lowest BCUT2D eigenvalue weighted by atomic mass is 9.86. The Kier molecular flexibility index (Phi) is 7.21. The van der Waals surface area contributed by atoms with Crippen LogP contribution < -0.4 is 0 Å². The van der Waals surface area contributed by atoms with Gasteiger partial charge in [0.05, 0.1) is 18.1 Å². The van der Waals surface area contributed by atoms with Crippen LogP contribution in [0.15, 0.2) is 0 Å². The van der Waals surface area contributed by atoms with E-state index in [4.69, 9.17) is 9.84 Å². The summed E-state index contributed by atoms with van der Waals surface area (Å²) in [6.07, 6.45) is 19.5. The van der Waals surface area contributed by atoms with E-state index in [-0.39, 0.29) is 5.92 Å². The molecule has 0 amide bonds. The number of carboxylic acid groups (broad SMARTS) is 1. The number of hydrogen-bond donors (Lipinski definition) is 1. The van der Waals surface area contributed by atoms with E-state index >= 15 is 0 Å². The minimum atomic E-state index is -0.578. The summed E-state index contributed by atoms with van der Waals surface area (Å²) in [6.45, 7) is 2.28. The van der Waals surface area contributed by atoms with Crippen LogP contribution in [0.25, 0.3) is 0 Å². The quantitative estimate of drug-likeness (QED) is 0.402. The molecule has 2 heterocycles. The third kappa shape index (κ3) is 5.21. The van der Waals surface area contributed by atoms with E-state index in [1.807, 2.05) is 0 Å². The summed E-state index contributed by atoms with van der Waals surface area (Å²) in [5, 5.41) is 8.95. The van der Waals surface area contributed by atoms with Crippen molar-refractivity contribution in [1.82, 2.24) is 0 Å². The minimum Gasteiger partial charge on any atom is -0.481 e. The standard InChI is InChI=1S/C22H38O3/c1-2-3-4-5-6-9-12-17-18(21-15-20(17)25-21)13-10-7-8-11-16-14-19(16)22(23)24/h16-21H,2-15H2,1H3,(H,23,24)/t16?,17-,18-,19?,20?,21?/m1/s1. The fourth-order valence-corrected chi connectivity index (χ4v) is 5.34. The van der Waals surface area contributed by atoms with Crippen molar-refractivity contribution < 1.29 is 14.6 Å². The van der Waals surface area contributed by atoms with Crippen LogP contribution in [-0.4, -0.2) is 23.3 Å². The van der Waals surface area contributed by atoms with Gasteiger partial charge in [0, 0.05) is 6.42 Å². The van der Waals surface area contributed by atoms with Gasteiger partial charge in [0.25, 0.3) is 0 Å². The highest BCUT2D eigenvalue weighted by molar-refractivity contribution is 5.73. The van der Waals surface area contributed by atoms with E-state index in [1.54, 1.807) is 0 Å². The highest BCUT2D eigenvalue weighted by Gasteiger charge is 2.52. The summed E-state index contributed by atoms with van der Waals surface area (Å²) in [5.74, 6) is 1.56. The molecule has 4 fully saturated rings. The lowest BCUT2D eigenvalue weighted by Crippen LogP contribution is -2.29. The Bertz CT molecular complexity index is 415. The molecule has 2 saturated carbocycles. The molecule has 3 nitrogen and oxygen atoms in total. The van der Waals surface area contributed by atoms with Crippen LogP contribution in [0.3, 0.4) is 0 Å². The molecule has 1 N–H and O–H groups in total. The van der Waals surface area contributed by atoms with E-state index < -0.39 is 5.97 Å². The highest BCUT2D eigenvalue weighted by Crippen LogP contribution is 2.50. The molecule has 0 spiro atoms. The summed E-state index contributed by atoms with van der Waals surface area (Å²) in [5.41, 5.74) is 0. The molecule has 4 aliphatic rings. The number of ether oxygens (including phenoxy) is 1. The van der Waals surface area contributed by atoms with Crippen molar-refractivity contribution >= 4 is 5.97 Å². The van der Waals surface area contributed by atoms with Crippen LogP contribution in [0.4, 0.5) is 0 Å². The van der Waals surface area contributed by atoms with Gasteiger partial charge in [-0.15, -0.1) is 0 Å². The van der Waals surface area contributed by atoms with Crippen molar-refractivity contribution in [3.8, 4) is 0 Å². The molecule has 4 unspecified atom stereocenters. The third-order valence-electron chi connectivity index (χ3n) is 7.06. The topological polar surface area (TPSA) is 46.5 Å². The molecule has 0 aromatic heterocycles. The summed E-state index contributed by atoms with van der Waals surface area (Å²) in [6, 6.07) is 0. The van der Waals surface area contributed by atoms with Gasteiger partial charge in [0.1, 0.15) is 0 Å². The van der Waals surface area contributed by atoms with Gasteiger partial charge < -0.3 is 9.84 Å². The van der Waals surface area contributed by atoms with Crippen molar-refractivity contribution in [1.29, 1.82) is 0 Å². The molecule has 0 radical (unpaired) electrons. The first-order valence-electron chi connectivity index (χ1n) is 11.1. The Morgan fingerprint density at radius 2 is 1.36 bits per heavy atom. The predicted molar refractivity (Wildman–Crippen MR) is 101 cm³/mol. The van der Waals surface area contributed by atoms with Gasteiger partial charge in [-0.05, 0) is 43.4 Å². The molecule has 0 aromatic rings. The maximum absolute atomic E-state index is 10.9. The molecule has 4 rings (SSSR count). The molecule has 2 aliphatic heterocycles. The van der Waals surface area contributed by atoms with Gasteiger partial charge in [0.15, 0.2) is 0 Å². The summed E-state index contributed by atoms with van der Waals surface area (Å²) >= 11 is 0. The number of carbonyl (C=O) groups is 1. The lowest BCUT2D eigenvalue weighted by Gasteiger charge is -2.26. The first-order valence-corrected chi connectivity index (χ1v) is 11.1. The normalized spacial score (nSPS) is 35.6. The zero-order valence-corrected chi connectivity index (χ0v) is 16.1. The Labute approximate surface area is 153 Å². The fraction of sp³-hybridized carbons (Fsp3) is 0.955. The van der Waals surface area contributed by atoms with Gasteiger partial charge in [-0.2, -0.15) is 0 Å². The number of fused-ring (bicyclic) bond motifs is 1. The second-order valence-corrected chi connectivity index (χ2v) is 8.91. The molecular weight excluding hydrogens is 312 g/mol. The van der Waals surface area contributed by atoms with Gasteiger partial charge in [-0.25, -0.2) is 0 Å². The molecule has 3 heteroatoms. The summed E-state index contributed by atoms with van der Waals surface area (Å²) in [7, 11) is 0. The van der Waals surface area contributed by atoms with Crippen molar-refractivity contribution in [3.05, 3.63) is 0 Å². The van der Waals surface area contributed by atoms with Crippen molar-refractivity contribution in [3.63, 3.8) is 0 Å². The van der Waals surface area contributed by atoms with Gasteiger partial charge in [-0.3, -0.25) is 4.79 Å². The predicted octanol–water partition coefficient (Wildman–Crippen LogP) is 5.81. The van der Waals surface area contributed by atoms with Gasteiger partial charge >= 0.3 is 5.97 Å². The van der Waals surface area contributed by atoms with Gasteiger partial charge in [-0.1, -0.05) is 64.7 Å². The Hall–Kier alpha value is -0.570. The molecule has 144 valence electrons. The highest BCUT2D eigenvalue weighted by atomic mass is 16.5. The average Bonchev–Trinajstić information content (AvgIpc) is 3.16.